The zero-order chi connectivity index (χ0) is 23.6. The van der Waals surface area contributed by atoms with Crippen LogP contribution < -0.4 is 26.2 Å². The number of aromatic nitrogens is 2. The number of nitrogens with zero attached hydrogens (tertiary/aromatic N) is 2. The van der Waals surface area contributed by atoms with Crippen LogP contribution in [0.2, 0.25) is 0 Å². The summed E-state index contributed by atoms with van der Waals surface area (Å²) in [5.41, 5.74) is 11.3. The largest absolute Gasteiger partial charge is 0.484 e. The van der Waals surface area contributed by atoms with Crippen LogP contribution in [0.1, 0.15) is 35.6 Å². The summed E-state index contributed by atoms with van der Waals surface area (Å²) in [5.74, 6) is 2.32. The predicted octanol–water partition coefficient (Wildman–Crippen LogP) is 2.77. The van der Waals surface area contributed by atoms with Crippen LogP contribution in [0.25, 0.3) is 11.4 Å². The van der Waals surface area contributed by atoms with Crippen LogP contribution in [-0.2, 0) is 22.7 Å². The molecule has 4 N–H and O–H groups in total. The van der Waals surface area contributed by atoms with Crippen LogP contribution in [-0.4, -0.2) is 41.6 Å². The number of hydrogen-bond donors (Lipinski definition) is 4. The standard InChI is InChI=1S/C26H28N6O3/c33-24(29-19-8-9-19)15-35-21-3-1-2-17(10-21)25-31-23-14-34-13-22(23)26(32-25)30-20-6-4-16(5-7-20)18-11-27-28-12-18/h1-7,10,18-19,27-28H,8-9,11-15H2,(H,29,33)(H,30,31,32). The first kappa shape index (κ1) is 22.0. The van der Waals surface area contributed by atoms with Crippen molar-refractivity contribution in [3.05, 3.63) is 65.4 Å². The molecule has 0 atom stereocenters. The lowest BCUT2D eigenvalue weighted by Crippen LogP contribution is -2.30. The Balaban J connectivity index is 1.21. The minimum absolute atomic E-state index is 0.00534. The minimum Gasteiger partial charge on any atom is -0.484 e. The Labute approximate surface area is 203 Å². The number of anilines is 2. The fourth-order valence-corrected chi connectivity index (χ4v) is 4.33. The fourth-order valence-electron chi connectivity index (χ4n) is 4.33. The number of nitrogens with one attached hydrogen (secondary N) is 4. The van der Waals surface area contributed by atoms with Crippen molar-refractivity contribution in [2.45, 2.75) is 38.0 Å². The van der Waals surface area contributed by atoms with Gasteiger partial charge in [-0.05, 0) is 42.7 Å². The number of fused-ring (bicyclic) bond motifs is 1. The molecule has 0 spiro atoms. The molecule has 9 heteroatoms. The van der Waals surface area contributed by atoms with Gasteiger partial charge in [-0.15, -0.1) is 0 Å². The second-order valence-corrected chi connectivity index (χ2v) is 9.18. The van der Waals surface area contributed by atoms with Crippen LogP contribution in [0, 0.1) is 0 Å². The van der Waals surface area contributed by atoms with E-state index >= 15 is 0 Å². The maximum atomic E-state index is 12.0. The molecule has 3 aliphatic rings. The zero-order valence-electron chi connectivity index (χ0n) is 19.3. The fraction of sp³-hybridized carbons (Fsp3) is 0.346. The Bertz CT molecular complexity index is 1220. The molecule has 1 aliphatic carbocycles. The molecule has 1 amide bonds. The van der Waals surface area contributed by atoms with Gasteiger partial charge in [0.2, 0.25) is 0 Å². The van der Waals surface area contributed by atoms with Gasteiger partial charge in [-0.2, -0.15) is 0 Å². The molecule has 1 saturated heterocycles. The SMILES string of the molecule is O=C(COc1cccc(-c2nc3c(c(Nc4ccc(C5CNNC5)cc4)n2)COC3)c1)NC1CC1. The van der Waals surface area contributed by atoms with Crippen molar-refractivity contribution >= 4 is 17.4 Å². The number of rotatable bonds is 8. The van der Waals surface area contributed by atoms with Crippen LogP contribution in [0.4, 0.5) is 11.5 Å². The van der Waals surface area contributed by atoms with Gasteiger partial charge in [-0.1, -0.05) is 24.3 Å². The van der Waals surface area contributed by atoms with Crippen molar-refractivity contribution in [2.75, 3.05) is 25.0 Å². The molecule has 3 heterocycles. The number of carbonyl (C=O) groups is 1. The molecular weight excluding hydrogens is 444 g/mol. The second kappa shape index (κ2) is 9.61. The highest BCUT2D eigenvalue weighted by Crippen LogP contribution is 2.31. The minimum atomic E-state index is -0.0956. The average molecular weight is 473 g/mol. The van der Waals surface area contributed by atoms with E-state index in [1.54, 1.807) is 0 Å². The van der Waals surface area contributed by atoms with E-state index in [2.05, 4.69) is 45.8 Å². The van der Waals surface area contributed by atoms with Crippen molar-refractivity contribution in [2.24, 2.45) is 0 Å². The van der Waals surface area contributed by atoms with Crippen LogP contribution in [0.15, 0.2) is 48.5 Å². The first-order valence-corrected chi connectivity index (χ1v) is 12.0. The Morgan fingerprint density at radius 2 is 1.89 bits per heavy atom. The highest BCUT2D eigenvalue weighted by atomic mass is 16.5. The lowest BCUT2D eigenvalue weighted by molar-refractivity contribution is -0.123. The summed E-state index contributed by atoms with van der Waals surface area (Å²) in [7, 11) is 0. The molecule has 9 nitrogen and oxygen atoms in total. The Hall–Kier alpha value is -3.53. The normalized spacial score (nSPS) is 17.3. The van der Waals surface area contributed by atoms with E-state index < -0.39 is 0 Å². The Morgan fingerprint density at radius 3 is 2.69 bits per heavy atom. The van der Waals surface area contributed by atoms with E-state index in [1.807, 2.05) is 24.3 Å². The van der Waals surface area contributed by atoms with Crippen molar-refractivity contribution in [3.8, 4) is 17.1 Å². The highest BCUT2D eigenvalue weighted by molar-refractivity contribution is 5.78. The summed E-state index contributed by atoms with van der Waals surface area (Å²) < 4.78 is 11.4. The predicted molar refractivity (Wildman–Crippen MR) is 131 cm³/mol. The van der Waals surface area contributed by atoms with Gasteiger partial charge >= 0.3 is 0 Å². The van der Waals surface area contributed by atoms with Gasteiger partial charge in [-0.3, -0.25) is 15.6 Å². The average Bonchev–Trinajstić information content (AvgIpc) is 3.32. The summed E-state index contributed by atoms with van der Waals surface area (Å²) in [5, 5.41) is 6.40. The van der Waals surface area contributed by atoms with Crippen molar-refractivity contribution in [1.82, 2.24) is 26.1 Å². The van der Waals surface area contributed by atoms with Gasteiger partial charge in [0.1, 0.15) is 11.6 Å². The number of benzene rings is 2. The molecule has 1 saturated carbocycles. The first-order valence-electron chi connectivity index (χ1n) is 12.0. The molecular formula is C26H28N6O3. The van der Waals surface area contributed by atoms with Crippen LogP contribution in [0.5, 0.6) is 5.75 Å². The molecule has 6 rings (SSSR count). The molecule has 2 aromatic carbocycles. The quantitative estimate of drug-likeness (QED) is 0.396. The molecule has 1 aromatic heterocycles. The van der Waals surface area contributed by atoms with Gasteiger partial charge in [0.25, 0.3) is 5.91 Å². The molecule has 180 valence electrons. The molecule has 2 fully saturated rings. The third-order valence-corrected chi connectivity index (χ3v) is 6.45. The van der Waals surface area contributed by atoms with Gasteiger partial charge in [0, 0.05) is 41.9 Å². The monoisotopic (exact) mass is 472 g/mol. The second-order valence-electron chi connectivity index (χ2n) is 9.18. The smallest absolute Gasteiger partial charge is 0.258 e. The number of carbonyl (C=O) groups excluding carboxylic acids is 1. The third kappa shape index (κ3) is 5.12. The van der Waals surface area contributed by atoms with E-state index in [0.29, 0.717) is 36.7 Å². The number of ether oxygens (including phenoxy) is 2. The number of hydrazine groups is 1. The maximum Gasteiger partial charge on any atom is 0.258 e. The van der Waals surface area contributed by atoms with Crippen molar-refractivity contribution in [1.29, 1.82) is 0 Å². The molecule has 3 aromatic rings. The van der Waals surface area contributed by atoms with Crippen molar-refractivity contribution in [3.63, 3.8) is 0 Å². The molecule has 0 bridgehead atoms. The van der Waals surface area contributed by atoms with Gasteiger partial charge < -0.3 is 20.1 Å². The maximum absolute atomic E-state index is 12.0. The van der Waals surface area contributed by atoms with E-state index in [0.717, 1.165) is 54.3 Å². The lowest BCUT2D eigenvalue weighted by atomic mass is 10.0. The highest BCUT2D eigenvalue weighted by Gasteiger charge is 2.24. The third-order valence-electron chi connectivity index (χ3n) is 6.45. The van der Waals surface area contributed by atoms with E-state index in [1.165, 1.54) is 5.56 Å². The van der Waals surface area contributed by atoms with Crippen LogP contribution >= 0.6 is 0 Å². The number of amides is 1. The van der Waals surface area contributed by atoms with Crippen molar-refractivity contribution < 1.29 is 14.3 Å². The first-order chi connectivity index (χ1) is 17.2. The Morgan fingerprint density at radius 1 is 1.06 bits per heavy atom. The molecule has 0 radical (unpaired) electrons. The summed E-state index contributed by atoms with van der Waals surface area (Å²) in [4.78, 5) is 21.6. The van der Waals surface area contributed by atoms with Gasteiger partial charge in [0.05, 0.1) is 18.9 Å². The summed E-state index contributed by atoms with van der Waals surface area (Å²) in [6.07, 6.45) is 2.10. The molecule has 2 aliphatic heterocycles. The number of hydrogen-bond acceptors (Lipinski definition) is 8. The summed E-state index contributed by atoms with van der Waals surface area (Å²) in [6, 6.07) is 16.3. The lowest BCUT2D eigenvalue weighted by Gasteiger charge is -2.14. The van der Waals surface area contributed by atoms with Crippen LogP contribution in [0.3, 0.4) is 0 Å². The topological polar surface area (TPSA) is 109 Å². The van der Waals surface area contributed by atoms with E-state index in [-0.39, 0.29) is 12.5 Å². The van der Waals surface area contributed by atoms with Gasteiger partial charge in [-0.25, -0.2) is 9.97 Å². The summed E-state index contributed by atoms with van der Waals surface area (Å²) >= 11 is 0. The van der Waals surface area contributed by atoms with Gasteiger partial charge in [0.15, 0.2) is 12.4 Å². The zero-order valence-corrected chi connectivity index (χ0v) is 19.3. The Kier molecular flexibility index (Phi) is 6.03. The van der Waals surface area contributed by atoms with E-state index in [4.69, 9.17) is 19.4 Å². The molecule has 0 unspecified atom stereocenters. The molecule has 35 heavy (non-hydrogen) atoms. The summed E-state index contributed by atoms with van der Waals surface area (Å²) in [6.45, 7) is 2.79. The van der Waals surface area contributed by atoms with E-state index in [9.17, 15) is 4.79 Å².